The van der Waals surface area contributed by atoms with Gasteiger partial charge in [-0.2, -0.15) is 4.98 Å². The van der Waals surface area contributed by atoms with Gasteiger partial charge in [-0.05, 0) is 56.0 Å². The lowest BCUT2D eigenvalue weighted by Crippen LogP contribution is -2.45. The van der Waals surface area contributed by atoms with Gasteiger partial charge in [-0.15, -0.1) is 0 Å². The molecule has 32 heavy (non-hydrogen) atoms. The number of nitrogens with zero attached hydrogens (tertiary/aromatic N) is 4. The minimum atomic E-state index is 0.0530. The van der Waals surface area contributed by atoms with Crippen LogP contribution in [0.15, 0.2) is 65.2 Å². The SMILES string of the molecule is CN1CC2(CCN(C(=O)COc3ccccc3)CC2)CC1c1noc(-c2ccccc2)n1. The largest absolute Gasteiger partial charge is 0.484 e. The summed E-state index contributed by atoms with van der Waals surface area (Å²) < 4.78 is 11.2. The number of rotatable bonds is 5. The molecule has 3 aromatic rings. The van der Waals surface area contributed by atoms with Gasteiger partial charge in [-0.1, -0.05) is 41.6 Å². The van der Waals surface area contributed by atoms with Crippen LogP contribution in [0.3, 0.4) is 0 Å². The third kappa shape index (κ3) is 4.25. The molecule has 1 spiro atoms. The summed E-state index contributed by atoms with van der Waals surface area (Å²) in [6, 6.07) is 19.5. The van der Waals surface area contributed by atoms with Crippen molar-refractivity contribution in [1.82, 2.24) is 19.9 Å². The highest BCUT2D eigenvalue weighted by molar-refractivity contribution is 5.77. The average Bonchev–Trinajstić information content (AvgIpc) is 3.44. The predicted octanol–water partition coefficient (Wildman–Crippen LogP) is 3.80. The number of likely N-dealkylation sites (tertiary alicyclic amines) is 2. The van der Waals surface area contributed by atoms with Crippen LogP contribution < -0.4 is 4.74 Å². The van der Waals surface area contributed by atoms with E-state index >= 15 is 0 Å². The first kappa shape index (κ1) is 20.7. The summed E-state index contributed by atoms with van der Waals surface area (Å²) in [6.07, 6.45) is 2.95. The Kier molecular flexibility index (Phi) is 5.66. The Morgan fingerprint density at radius 3 is 2.50 bits per heavy atom. The number of carbonyl (C=O) groups is 1. The second-order valence-corrected chi connectivity index (χ2v) is 8.94. The van der Waals surface area contributed by atoms with Crippen molar-refractivity contribution < 1.29 is 14.1 Å². The highest BCUT2D eigenvalue weighted by Crippen LogP contribution is 2.47. The highest BCUT2D eigenvalue weighted by Gasteiger charge is 2.46. The fourth-order valence-corrected chi connectivity index (χ4v) is 4.97. The van der Waals surface area contributed by atoms with Gasteiger partial charge in [-0.25, -0.2) is 0 Å². The van der Waals surface area contributed by atoms with Crippen molar-refractivity contribution in [2.75, 3.05) is 33.3 Å². The molecule has 2 saturated heterocycles. The van der Waals surface area contributed by atoms with Gasteiger partial charge in [0, 0.05) is 25.2 Å². The lowest BCUT2D eigenvalue weighted by atomic mass is 9.76. The van der Waals surface area contributed by atoms with Gasteiger partial charge in [0.05, 0.1) is 6.04 Å². The van der Waals surface area contributed by atoms with Crippen LogP contribution in [-0.4, -0.2) is 59.1 Å². The Hall–Kier alpha value is -3.19. The number of carbonyl (C=O) groups excluding carboxylic acids is 1. The van der Waals surface area contributed by atoms with Gasteiger partial charge in [0.1, 0.15) is 5.75 Å². The average molecular weight is 433 g/mol. The van der Waals surface area contributed by atoms with Gasteiger partial charge in [0.15, 0.2) is 12.4 Å². The number of aromatic nitrogens is 2. The van der Waals surface area contributed by atoms with E-state index in [1.54, 1.807) is 0 Å². The maximum absolute atomic E-state index is 12.6. The summed E-state index contributed by atoms with van der Waals surface area (Å²) in [5.74, 6) is 2.09. The Morgan fingerprint density at radius 2 is 1.78 bits per heavy atom. The first-order valence-electron chi connectivity index (χ1n) is 11.2. The molecule has 0 saturated carbocycles. The number of hydrogen-bond donors (Lipinski definition) is 0. The van der Waals surface area contributed by atoms with Crippen molar-refractivity contribution in [3.05, 3.63) is 66.5 Å². The maximum atomic E-state index is 12.6. The molecule has 2 aliphatic rings. The molecule has 2 aromatic carbocycles. The van der Waals surface area contributed by atoms with Crippen molar-refractivity contribution in [1.29, 1.82) is 0 Å². The van der Waals surface area contributed by atoms with E-state index in [0.717, 1.165) is 56.0 Å². The Balaban J connectivity index is 1.18. The van der Waals surface area contributed by atoms with Crippen LogP contribution in [0.2, 0.25) is 0 Å². The van der Waals surface area contributed by atoms with E-state index in [1.807, 2.05) is 65.6 Å². The number of hydrogen-bond acceptors (Lipinski definition) is 6. The maximum Gasteiger partial charge on any atom is 0.260 e. The summed E-state index contributed by atoms with van der Waals surface area (Å²) in [5, 5.41) is 4.29. The van der Waals surface area contributed by atoms with Crippen LogP contribution >= 0.6 is 0 Å². The van der Waals surface area contributed by atoms with Crippen molar-refractivity contribution in [2.45, 2.75) is 25.3 Å². The minimum absolute atomic E-state index is 0.0530. The predicted molar refractivity (Wildman–Crippen MR) is 120 cm³/mol. The standard InChI is InChI=1S/C25H28N4O3/c1-28-18-25(16-21(28)23-26-24(32-27-23)19-8-4-2-5-9-19)12-14-29(15-13-25)22(30)17-31-20-10-6-3-7-11-20/h2-11,21H,12-18H2,1H3. The molecule has 2 fully saturated rings. The first-order chi connectivity index (χ1) is 15.6. The van der Waals surface area contributed by atoms with E-state index in [-0.39, 0.29) is 24.0 Å². The Labute approximate surface area is 188 Å². The molecule has 0 N–H and O–H groups in total. The lowest BCUT2D eigenvalue weighted by Gasteiger charge is -2.39. The van der Waals surface area contributed by atoms with Crippen LogP contribution in [0.25, 0.3) is 11.5 Å². The van der Waals surface area contributed by atoms with Crippen molar-refractivity contribution in [3.8, 4) is 17.2 Å². The quantitative estimate of drug-likeness (QED) is 0.611. The van der Waals surface area contributed by atoms with E-state index in [2.05, 4.69) is 22.1 Å². The van der Waals surface area contributed by atoms with Crippen LogP contribution in [-0.2, 0) is 4.79 Å². The van der Waals surface area contributed by atoms with Gasteiger partial charge in [-0.3, -0.25) is 9.69 Å². The monoisotopic (exact) mass is 432 g/mol. The second-order valence-electron chi connectivity index (χ2n) is 8.94. The molecule has 1 unspecified atom stereocenters. The van der Waals surface area contributed by atoms with Gasteiger partial charge < -0.3 is 14.2 Å². The molecule has 1 atom stereocenters. The molecule has 7 heteroatoms. The summed E-state index contributed by atoms with van der Waals surface area (Å²) in [4.78, 5) is 21.6. The van der Waals surface area contributed by atoms with E-state index in [4.69, 9.17) is 9.26 Å². The van der Waals surface area contributed by atoms with Crippen LogP contribution in [0.1, 0.15) is 31.1 Å². The molecular formula is C25H28N4O3. The van der Waals surface area contributed by atoms with Gasteiger partial charge in [0.2, 0.25) is 0 Å². The van der Waals surface area contributed by atoms with E-state index in [0.29, 0.717) is 5.89 Å². The van der Waals surface area contributed by atoms with E-state index < -0.39 is 0 Å². The molecule has 3 heterocycles. The number of para-hydroxylation sites is 1. The third-order valence-electron chi connectivity index (χ3n) is 6.79. The first-order valence-corrected chi connectivity index (χ1v) is 11.2. The molecule has 0 bridgehead atoms. The zero-order valence-corrected chi connectivity index (χ0v) is 18.3. The van der Waals surface area contributed by atoms with Crippen LogP contribution in [0.5, 0.6) is 5.75 Å². The van der Waals surface area contributed by atoms with Gasteiger partial charge >= 0.3 is 0 Å². The number of piperidine rings is 1. The molecule has 166 valence electrons. The van der Waals surface area contributed by atoms with Gasteiger partial charge in [0.25, 0.3) is 11.8 Å². The lowest BCUT2D eigenvalue weighted by molar-refractivity contribution is -0.135. The zero-order chi connectivity index (χ0) is 22.0. The second kappa shape index (κ2) is 8.74. The fraction of sp³-hybridized carbons (Fsp3) is 0.400. The molecule has 1 amide bonds. The molecule has 1 aromatic heterocycles. The number of amides is 1. The van der Waals surface area contributed by atoms with Crippen molar-refractivity contribution in [2.24, 2.45) is 5.41 Å². The summed E-state index contributed by atoms with van der Waals surface area (Å²) in [5.41, 5.74) is 1.12. The molecular weight excluding hydrogens is 404 g/mol. The molecule has 2 aliphatic heterocycles. The fourth-order valence-electron chi connectivity index (χ4n) is 4.97. The van der Waals surface area contributed by atoms with Crippen LogP contribution in [0.4, 0.5) is 0 Å². The summed E-state index contributed by atoms with van der Waals surface area (Å²) in [7, 11) is 2.13. The Bertz CT molecular complexity index is 1050. The topological polar surface area (TPSA) is 71.7 Å². The summed E-state index contributed by atoms with van der Waals surface area (Å²) >= 11 is 0. The molecule has 5 rings (SSSR count). The highest BCUT2D eigenvalue weighted by atomic mass is 16.5. The van der Waals surface area contributed by atoms with E-state index in [9.17, 15) is 4.79 Å². The molecule has 0 radical (unpaired) electrons. The van der Waals surface area contributed by atoms with Crippen molar-refractivity contribution >= 4 is 5.91 Å². The normalized spacial score (nSPS) is 20.5. The smallest absolute Gasteiger partial charge is 0.260 e. The third-order valence-corrected chi connectivity index (χ3v) is 6.79. The minimum Gasteiger partial charge on any atom is -0.484 e. The van der Waals surface area contributed by atoms with Crippen molar-refractivity contribution in [3.63, 3.8) is 0 Å². The summed E-state index contributed by atoms with van der Waals surface area (Å²) in [6.45, 7) is 2.60. The zero-order valence-electron chi connectivity index (χ0n) is 18.3. The molecule has 7 nitrogen and oxygen atoms in total. The van der Waals surface area contributed by atoms with E-state index in [1.165, 1.54) is 0 Å². The Morgan fingerprint density at radius 1 is 1.09 bits per heavy atom. The number of benzene rings is 2. The number of ether oxygens (including phenoxy) is 1. The molecule has 0 aliphatic carbocycles. The van der Waals surface area contributed by atoms with Crippen LogP contribution in [0, 0.1) is 5.41 Å².